The van der Waals surface area contributed by atoms with Crippen LogP contribution >= 0.6 is 11.6 Å². The molecule has 1 N–H and O–H groups in total. The van der Waals surface area contributed by atoms with Crippen LogP contribution in [-0.4, -0.2) is 30.0 Å². The molecule has 5 nitrogen and oxygen atoms in total. The molecule has 1 heterocycles. The predicted octanol–water partition coefficient (Wildman–Crippen LogP) is 6.69. The van der Waals surface area contributed by atoms with Crippen LogP contribution in [0.3, 0.4) is 0 Å². The van der Waals surface area contributed by atoms with E-state index in [1.165, 1.54) is 24.4 Å². The molecule has 3 rings (SSSR count). The maximum atomic E-state index is 14.0. The summed E-state index contributed by atoms with van der Waals surface area (Å²) in [6.45, 7) is 2.76. The topological polar surface area (TPSA) is 60.5 Å². The maximum absolute atomic E-state index is 14.0. The van der Waals surface area contributed by atoms with Crippen LogP contribution in [0.25, 0.3) is 0 Å². The summed E-state index contributed by atoms with van der Waals surface area (Å²) in [5.74, 6) is -0.271. The van der Waals surface area contributed by atoms with Crippen molar-refractivity contribution in [2.75, 3.05) is 6.61 Å². The minimum absolute atomic E-state index is 0.186. The van der Waals surface area contributed by atoms with E-state index in [4.69, 9.17) is 16.3 Å². The highest BCUT2D eigenvalue weighted by Gasteiger charge is 2.42. The Balaban J connectivity index is 2.17. The summed E-state index contributed by atoms with van der Waals surface area (Å²) in [6, 6.07) is 18.3. The van der Waals surface area contributed by atoms with Gasteiger partial charge in [-0.25, -0.2) is 9.18 Å². The monoisotopic (exact) mass is 506 g/mol. The average molecular weight is 507 g/mol. The molecule has 0 saturated carbocycles. The van der Waals surface area contributed by atoms with Gasteiger partial charge in [0.1, 0.15) is 11.3 Å². The van der Waals surface area contributed by atoms with Crippen molar-refractivity contribution in [1.29, 1.82) is 0 Å². The summed E-state index contributed by atoms with van der Waals surface area (Å²) in [5, 5.41) is 3.27. The molecule has 2 aromatic carbocycles. The summed E-state index contributed by atoms with van der Waals surface area (Å²) in [6.07, 6.45) is -5.04. The molecule has 35 heavy (non-hydrogen) atoms. The molecular formula is C26H26ClF3N2O3. The summed E-state index contributed by atoms with van der Waals surface area (Å²) in [4.78, 5) is 17.3. The molecule has 0 bridgehead atoms. The number of amides is 1. The first kappa shape index (κ1) is 26.3. The smallest absolute Gasteiger partial charge is 0.429 e. The zero-order chi connectivity index (χ0) is 25.5. The number of halogens is 4. The second-order valence-electron chi connectivity index (χ2n) is 8.00. The van der Waals surface area contributed by atoms with E-state index in [0.29, 0.717) is 29.6 Å². The van der Waals surface area contributed by atoms with E-state index in [0.717, 1.165) is 5.56 Å². The van der Waals surface area contributed by atoms with Crippen molar-refractivity contribution < 1.29 is 27.4 Å². The Kier molecular flexibility index (Phi) is 8.62. The molecule has 0 aliphatic rings. The van der Waals surface area contributed by atoms with E-state index in [1.54, 1.807) is 18.2 Å². The van der Waals surface area contributed by atoms with Crippen LogP contribution in [0.5, 0.6) is 5.75 Å². The second-order valence-corrected chi connectivity index (χ2v) is 8.43. The lowest BCUT2D eigenvalue weighted by Crippen LogP contribution is -2.49. The third-order valence-corrected chi connectivity index (χ3v) is 5.50. The van der Waals surface area contributed by atoms with E-state index in [1.807, 2.05) is 37.3 Å². The van der Waals surface area contributed by atoms with Crippen LogP contribution in [0.15, 0.2) is 72.9 Å². The van der Waals surface area contributed by atoms with Crippen LogP contribution in [-0.2, 0) is 16.7 Å². The van der Waals surface area contributed by atoms with Gasteiger partial charge in [-0.1, -0.05) is 61.0 Å². The summed E-state index contributed by atoms with van der Waals surface area (Å²) in [7, 11) is 0. The first-order chi connectivity index (χ1) is 16.7. The number of alkyl carbamates (subject to hydrolysis) is 1. The quantitative estimate of drug-likeness (QED) is 0.333. The van der Waals surface area contributed by atoms with Crippen molar-refractivity contribution in [2.24, 2.45) is 0 Å². The summed E-state index contributed by atoms with van der Waals surface area (Å²) < 4.78 is 51.4. The number of nitrogens with one attached hydrogen (secondary N) is 1. The molecule has 2 atom stereocenters. The van der Waals surface area contributed by atoms with Crippen molar-refractivity contribution in [3.05, 3.63) is 94.8 Å². The third-order valence-electron chi connectivity index (χ3n) is 5.27. The lowest BCUT2D eigenvalue weighted by atomic mass is 9.80. The minimum Gasteiger partial charge on any atom is -0.450 e. The molecule has 1 amide bonds. The normalized spacial score (nSPS) is 14.0. The fourth-order valence-corrected chi connectivity index (χ4v) is 3.63. The molecule has 9 heteroatoms. The van der Waals surface area contributed by atoms with Crippen LogP contribution in [0, 0.1) is 0 Å². The van der Waals surface area contributed by atoms with Gasteiger partial charge in [0.25, 0.3) is 0 Å². The van der Waals surface area contributed by atoms with E-state index in [-0.39, 0.29) is 18.8 Å². The first-order valence-corrected chi connectivity index (χ1v) is 11.5. The Hall–Kier alpha value is -3.26. The fraction of sp³-hybridized carbons (Fsp3) is 0.308. The van der Waals surface area contributed by atoms with Gasteiger partial charge in [-0.3, -0.25) is 4.98 Å². The molecule has 3 aromatic rings. The molecule has 0 fully saturated rings. The standard InChI is InChI=1S/C26H26ClF3N2O3/c1-3-14-34-24(33)32-25(16-19-8-5-4-6-9-19,23-13-12-21(27)17-31-23)20-10-7-11-22(15-20)35-26(29,30)18(2)28/h4-13,15,17-18H,3,14,16H2,1-2H3,(H,32,33)/t18?,25-/m1/s1. The van der Waals surface area contributed by atoms with Gasteiger partial charge < -0.3 is 14.8 Å². The van der Waals surface area contributed by atoms with Gasteiger partial charge in [0, 0.05) is 12.6 Å². The Labute approximate surface area is 207 Å². The van der Waals surface area contributed by atoms with Gasteiger partial charge in [-0.2, -0.15) is 8.78 Å². The number of carbonyl (C=O) groups excluding carboxylic acids is 1. The molecule has 0 saturated heterocycles. The summed E-state index contributed by atoms with van der Waals surface area (Å²) >= 11 is 6.06. The zero-order valence-corrected chi connectivity index (χ0v) is 20.1. The van der Waals surface area contributed by atoms with Crippen molar-refractivity contribution >= 4 is 17.7 Å². The Morgan fingerprint density at radius 1 is 1.11 bits per heavy atom. The van der Waals surface area contributed by atoms with E-state index >= 15 is 0 Å². The number of benzene rings is 2. The molecule has 0 aliphatic heterocycles. The van der Waals surface area contributed by atoms with Gasteiger partial charge in [0.2, 0.25) is 6.17 Å². The van der Waals surface area contributed by atoms with E-state index < -0.39 is 23.9 Å². The number of ether oxygens (including phenoxy) is 2. The number of alkyl halides is 3. The lowest BCUT2D eigenvalue weighted by Gasteiger charge is -2.35. The second kappa shape index (κ2) is 11.4. The van der Waals surface area contributed by atoms with E-state index in [9.17, 15) is 18.0 Å². The highest BCUT2D eigenvalue weighted by atomic mass is 35.5. The molecule has 186 valence electrons. The SMILES string of the molecule is CCCOC(=O)N[C@](Cc1ccccc1)(c1cccc(OC(F)(F)C(C)F)c1)c1ccc(Cl)cn1. The highest BCUT2D eigenvalue weighted by molar-refractivity contribution is 6.30. The number of hydrogen-bond donors (Lipinski definition) is 1. The van der Waals surface area contributed by atoms with Crippen LogP contribution in [0.4, 0.5) is 18.0 Å². The van der Waals surface area contributed by atoms with Crippen molar-refractivity contribution in [3.63, 3.8) is 0 Å². The lowest BCUT2D eigenvalue weighted by molar-refractivity contribution is -0.215. The Morgan fingerprint density at radius 3 is 2.49 bits per heavy atom. The van der Waals surface area contributed by atoms with Crippen molar-refractivity contribution in [1.82, 2.24) is 10.3 Å². The van der Waals surface area contributed by atoms with Gasteiger partial charge in [-0.05, 0) is 48.7 Å². The van der Waals surface area contributed by atoms with Gasteiger partial charge in [-0.15, -0.1) is 0 Å². The van der Waals surface area contributed by atoms with Crippen LogP contribution in [0.2, 0.25) is 5.02 Å². The van der Waals surface area contributed by atoms with Crippen molar-refractivity contribution in [3.8, 4) is 5.75 Å². The molecular weight excluding hydrogens is 481 g/mol. The van der Waals surface area contributed by atoms with Crippen LogP contribution < -0.4 is 10.1 Å². The van der Waals surface area contributed by atoms with E-state index in [2.05, 4.69) is 15.0 Å². The number of carbonyl (C=O) groups is 1. The third kappa shape index (κ3) is 6.66. The number of pyridine rings is 1. The predicted molar refractivity (Wildman–Crippen MR) is 128 cm³/mol. The first-order valence-electron chi connectivity index (χ1n) is 11.1. The minimum atomic E-state index is -4.03. The largest absolute Gasteiger partial charge is 0.450 e. The highest BCUT2D eigenvalue weighted by Crippen LogP contribution is 2.36. The Morgan fingerprint density at radius 2 is 1.86 bits per heavy atom. The summed E-state index contributed by atoms with van der Waals surface area (Å²) in [5.41, 5.74) is 0.243. The number of nitrogens with zero attached hydrogens (tertiary/aromatic N) is 1. The number of hydrogen-bond acceptors (Lipinski definition) is 4. The number of rotatable bonds is 10. The molecule has 0 radical (unpaired) electrons. The maximum Gasteiger partial charge on any atom is 0.429 e. The fourth-order valence-electron chi connectivity index (χ4n) is 3.52. The van der Waals surface area contributed by atoms with Gasteiger partial charge in [0.05, 0.1) is 17.3 Å². The van der Waals surface area contributed by atoms with Crippen molar-refractivity contribution in [2.45, 2.75) is 44.5 Å². The van der Waals surface area contributed by atoms with Gasteiger partial charge >= 0.3 is 12.2 Å². The molecule has 0 aliphatic carbocycles. The van der Waals surface area contributed by atoms with Crippen LogP contribution in [0.1, 0.15) is 37.1 Å². The average Bonchev–Trinajstić information content (AvgIpc) is 2.83. The Bertz CT molecular complexity index is 1110. The molecule has 0 spiro atoms. The molecule has 1 unspecified atom stereocenters. The number of aromatic nitrogens is 1. The van der Waals surface area contributed by atoms with Gasteiger partial charge in [0.15, 0.2) is 0 Å². The zero-order valence-electron chi connectivity index (χ0n) is 19.3. The molecule has 1 aromatic heterocycles.